The SMILES string of the molecule is CCc1cccc(-c2cnc3c(c2)NC(CNCc2ccncn2)C(C)C3=O)c1. The molecule has 2 N–H and O–H groups in total. The van der Waals surface area contributed by atoms with Crippen LogP contribution in [0.1, 0.15) is 35.6 Å². The van der Waals surface area contributed by atoms with Gasteiger partial charge in [0, 0.05) is 43.0 Å². The van der Waals surface area contributed by atoms with Crippen LogP contribution in [0.5, 0.6) is 0 Å². The summed E-state index contributed by atoms with van der Waals surface area (Å²) in [6, 6.07) is 12.4. The summed E-state index contributed by atoms with van der Waals surface area (Å²) in [5, 5.41) is 6.91. The van der Waals surface area contributed by atoms with E-state index in [-0.39, 0.29) is 17.7 Å². The molecule has 1 aliphatic heterocycles. The van der Waals surface area contributed by atoms with Crippen LogP contribution in [0.25, 0.3) is 11.1 Å². The fourth-order valence-electron chi connectivity index (χ4n) is 3.63. The molecule has 0 spiro atoms. The zero-order valence-corrected chi connectivity index (χ0v) is 16.7. The highest BCUT2D eigenvalue weighted by Crippen LogP contribution is 2.31. The molecule has 0 saturated heterocycles. The number of aryl methyl sites for hydroxylation is 1. The van der Waals surface area contributed by atoms with Gasteiger partial charge in [-0.3, -0.25) is 9.78 Å². The minimum Gasteiger partial charge on any atom is -0.378 e. The van der Waals surface area contributed by atoms with E-state index in [1.54, 1.807) is 18.7 Å². The quantitative estimate of drug-likeness (QED) is 0.674. The molecule has 2 aromatic heterocycles. The average molecular weight is 387 g/mol. The van der Waals surface area contributed by atoms with Crippen molar-refractivity contribution in [3.05, 3.63) is 72.1 Å². The van der Waals surface area contributed by atoms with Crippen LogP contribution in [0.15, 0.2) is 55.1 Å². The van der Waals surface area contributed by atoms with Crippen molar-refractivity contribution in [2.45, 2.75) is 32.9 Å². The fraction of sp³-hybridized carbons (Fsp3) is 0.304. The molecule has 6 heteroatoms. The van der Waals surface area contributed by atoms with Gasteiger partial charge in [-0.15, -0.1) is 0 Å². The number of carbonyl (C=O) groups is 1. The summed E-state index contributed by atoms with van der Waals surface area (Å²) < 4.78 is 0. The lowest BCUT2D eigenvalue weighted by atomic mass is 9.89. The third-order valence-corrected chi connectivity index (χ3v) is 5.46. The van der Waals surface area contributed by atoms with Gasteiger partial charge in [0.05, 0.1) is 11.4 Å². The summed E-state index contributed by atoms with van der Waals surface area (Å²) >= 11 is 0. The van der Waals surface area contributed by atoms with Gasteiger partial charge in [0.1, 0.15) is 12.0 Å². The lowest BCUT2D eigenvalue weighted by Gasteiger charge is -2.31. The van der Waals surface area contributed by atoms with Gasteiger partial charge in [-0.05, 0) is 29.7 Å². The third kappa shape index (κ3) is 4.17. The van der Waals surface area contributed by atoms with Crippen LogP contribution < -0.4 is 10.6 Å². The molecule has 0 amide bonds. The molecule has 0 radical (unpaired) electrons. The van der Waals surface area contributed by atoms with E-state index in [0.717, 1.165) is 28.9 Å². The number of ketones is 1. The van der Waals surface area contributed by atoms with Gasteiger partial charge in [-0.1, -0.05) is 38.1 Å². The summed E-state index contributed by atoms with van der Waals surface area (Å²) in [6.45, 7) is 5.39. The van der Waals surface area contributed by atoms with E-state index < -0.39 is 0 Å². The molecule has 29 heavy (non-hydrogen) atoms. The fourth-order valence-corrected chi connectivity index (χ4v) is 3.63. The molecule has 2 atom stereocenters. The first-order valence-corrected chi connectivity index (χ1v) is 10.0. The van der Waals surface area contributed by atoms with Gasteiger partial charge in [0.15, 0.2) is 5.78 Å². The Labute approximate surface area is 170 Å². The van der Waals surface area contributed by atoms with E-state index in [9.17, 15) is 4.79 Å². The maximum atomic E-state index is 12.9. The Morgan fingerprint density at radius 1 is 1.14 bits per heavy atom. The maximum absolute atomic E-state index is 12.9. The zero-order chi connectivity index (χ0) is 20.2. The average Bonchev–Trinajstić information content (AvgIpc) is 2.77. The molecule has 0 fully saturated rings. The first-order valence-electron chi connectivity index (χ1n) is 10.0. The van der Waals surface area contributed by atoms with Crippen LogP contribution in [0.2, 0.25) is 0 Å². The molecule has 2 unspecified atom stereocenters. The summed E-state index contributed by atoms with van der Waals surface area (Å²) in [4.78, 5) is 25.5. The molecular weight excluding hydrogens is 362 g/mol. The lowest BCUT2D eigenvalue weighted by molar-refractivity contribution is 0.0905. The van der Waals surface area contributed by atoms with Crippen LogP contribution in [-0.4, -0.2) is 33.3 Å². The Bertz CT molecular complexity index is 1010. The highest BCUT2D eigenvalue weighted by molar-refractivity contribution is 6.03. The number of hydrogen-bond acceptors (Lipinski definition) is 6. The summed E-state index contributed by atoms with van der Waals surface area (Å²) in [5.74, 6) is -0.0661. The second-order valence-corrected chi connectivity index (χ2v) is 7.41. The van der Waals surface area contributed by atoms with E-state index in [1.165, 1.54) is 5.56 Å². The van der Waals surface area contributed by atoms with Gasteiger partial charge in [0.2, 0.25) is 0 Å². The predicted molar refractivity (Wildman–Crippen MR) is 114 cm³/mol. The molecule has 3 aromatic rings. The van der Waals surface area contributed by atoms with Crippen molar-refractivity contribution < 1.29 is 4.79 Å². The minimum atomic E-state index is -0.151. The number of hydrogen-bond donors (Lipinski definition) is 2. The van der Waals surface area contributed by atoms with E-state index in [0.29, 0.717) is 18.8 Å². The summed E-state index contributed by atoms with van der Waals surface area (Å²) in [7, 11) is 0. The van der Waals surface area contributed by atoms with Gasteiger partial charge < -0.3 is 10.6 Å². The lowest BCUT2D eigenvalue weighted by Crippen LogP contribution is -2.44. The van der Waals surface area contributed by atoms with Crippen LogP contribution in [0.4, 0.5) is 5.69 Å². The number of anilines is 1. The standard InChI is InChI=1S/C23H25N5O/c1-3-16-5-4-6-17(9-16)18-10-20-22(26-11-18)23(29)15(2)21(28-20)13-25-12-19-7-8-24-14-27-19/h4-11,14-15,21,25,28H,3,12-13H2,1-2H3. The normalized spacial score (nSPS) is 18.2. The second kappa shape index (κ2) is 8.49. The Morgan fingerprint density at radius 3 is 2.83 bits per heavy atom. The number of nitrogens with zero attached hydrogens (tertiary/aromatic N) is 3. The van der Waals surface area contributed by atoms with Crippen LogP contribution >= 0.6 is 0 Å². The van der Waals surface area contributed by atoms with E-state index >= 15 is 0 Å². The summed E-state index contributed by atoms with van der Waals surface area (Å²) in [6.07, 6.45) is 6.05. The van der Waals surface area contributed by atoms with Crippen molar-refractivity contribution in [1.29, 1.82) is 0 Å². The molecule has 3 heterocycles. The highest BCUT2D eigenvalue weighted by atomic mass is 16.1. The van der Waals surface area contributed by atoms with Crippen molar-refractivity contribution in [3.63, 3.8) is 0 Å². The Morgan fingerprint density at radius 2 is 2.03 bits per heavy atom. The van der Waals surface area contributed by atoms with Crippen molar-refractivity contribution in [1.82, 2.24) is 20.3 Å². The van der Waals surface area contributed by atoms with Crippen molar-refractivity contribution >= 4 is 11.5 Å². The van der Waals surface area contributed by atoms with Gasteiger partial charge >= 0.3 is 0 Å². The van der Waals surface area contributed by atoms with Gasteiger partial charge in [-0.2, -0.15) is 0 Å². The van der Waals surface area contributed by atoms with E-state index in [2.05, 4.69) is 56.8 Å². The Kier molecular flexibility index (Phi) is 5.62. The largest absolute Gasteiger partial charge is 0.378 e. The predicted octanol–water partition coefficient (Wildman–Crippen LogP) is 3.50. The number of rotatable bonds is 6. The molecular formula is C23H25N5O. The molecule has 148 valence electrons. The highest BCUT2D eigenvalue weighted by Gasteiger charge is 2.33. The van der Waals surface area contributed by atoms with Crippen molar-refractivity contribution in [3.8, 4) is 11.1 Å². The number of nitrogens with one attached hydrogen (secondary N) is 2. The second-order valence-electron chi connectivity index (χ2n) is 7.41. The smallest absolute Gasteiger partial charge is 0.188 e. The number of fused-ring (bicyclic) bond motifs is 1. The first kappa shape index (κ1) is 19.2. The number of benzene rings is 1. The van der Waals surface area contributed by atoms with Crippen molar-refractivity contribution in [2.24, 2.45) is 5.92 Å². The molecule has 0 bridgehead atoms. The van der Waals surface area contributed by atoms with Gasteiger partial charge in [0.25, 0.3) is 0 Å². The zero-order valence-electron chi connectivity index (χ0n) is 16.7. The molecule has 0 saturated carbocycles. The molecule has 6 nitrogen and oxygen atoms in total. The summed E-state index contributed by atoms with van der Waals surface area (Å²) in [5.41, 5.74) is 5.67. The first-order chi connectivity index (χ1) is 14.2. The van der Waals surface area contributed by atoms with Crippen molar-refractivity contribution in [2.75, 3.05) is 11.9 Å². The van der Waals surface area contributed by atoms with Gasteiger partial charge in [-0.25, -0.2) is 9.97 Å². The minimum absolute atomic E-state index is 0.00383. The molecule has 1 aromatic carbocycles. The topological polar surface area (TPSA) is 79.8 Å². The van der Waals surface area contributed by atoms with Crippen LogP contribution in [0.3, 0.4) is 0 Å². The number of pyridine rings is 1. The third-order valence-electron chi connectivity index (χ3n) is 5.46. The molecule has 1 aliphatic rings. The molecule has 4 rings (SSSR count). The maximum Gasteiger partial charge on any atom is 0.188 e. The number of carbonyl (C=O) groups excluding carboxylic acids is 1. The monoisotopic (exact) mass is 387 g/mol. The number of aromatic nitrogens is 3. The van der Waals surface area contributed by atoms with E-state index in [4.69, 9.17) is 0 Å². The van der Waals surface area contributed by atoms with Crippen LogP contribution in [-0.2, 0) is 13.0 Å². The Balaban J connectivity index is 1.51. The van der Waals surface area contributed by atoms with Crippen LogP contribution in [0, 0.1) is 5.92 Å². The Hall–Kier alpha value is -3.12. The number of Topliss-reactive ketones (excluding diaryl/α,β-unsaturated/α-hetero) is 1. The molecule has 0 aliphatic carbocycles. The van der Waals surface area contributed by atoms with E-state index in [1.807, 2.05) is 19.1 Å².